The van der Waals surface area contributed by atoms with Gasteiger partial charge in [0.25, 0.3) is 0 Å². The molecule has 2 fully saturated rings. The molecule has 1 aliphatic heterocycles. The fourth-order valence-corrected chi connectivity index (χ4v) is 5.24. The van der Waals surface area contributed by atoms with E-state index in [1.807, 2.05) is 26.0 Å². The summed E-state index contributed by atoms with van der Waals surface area (Å²) >= 11 is 0. The van der Waals surface area contributed by atoms with E-state index in [4.69, 9.17) is 4.74 Å². The molecule has 1 aromatic carbocycles. The Morgan fingerprint density at radius 2 is 1.63 bits per heavy atom. The molecule has 1 saturated carbocycles. The van der Waals surface area contributed by atoms with Crippen molar-refractivity contribution in [2.75, 3.05) is 26.2 Å². The molecule has 0 bridgehead atoms. The van der Waals surface area contributed by atoms with E-state index in [2.05, 4.69) is 31.7 Å². The summed E-state index contributed by atoms with van der Waals surface area (Å²) in [4.78, 5) is 2.11. The van der Waals surface area contributed by atoms with Crippen molar-refractivity contribution >= 4 is 0 Å². The van der Waals surface area contributed by atoms with Crippen LogP contribution in [0.2, 0.25) is 0 Å². The molecule has 5 heteroatoms. The summed E-state index contributed by atoms with van der Waals surface area (Å²) in [7, 11) is 0. The van der Waals surface area contributed by atoms with Gasteiger partial charge in [-0.05, 0) is 80.5 Å². The van der Waals surface area contributed by atoms with Crippen LogP contribution in [0.1, 0.15) is 64.0 Å². The maximum absolute atomic E-state index is 11.2. The number of nitrogens with zero attached hydrogens (tertiary/aromatic N) is 1. The summed E-state index contributed by atoms with van der Waals surface area (Å²) in [6, 6.07) is 5.97. The Hall–Kier alpha value is -1.14. The molecule has 1 heterocycles. The lowest BCUT2D eigenvalue weighted by Gasteiger charge is -2.47. The van der Waals surface area contributed by atoms with E-state index in [9.17, 15) is 15.3 Å². The number of β-amino-alcohol motifs (C(OH)–C–C–N with tert-alkyl or cyclic N) is 2. The Morgan fingerprint density at radius 3 is 2.20 bits per heavy atom. The molecule has 2 aliphatic rings. The molecule has 3 rings (SSSR count). The van der Waals surface area contributed by atoms with Crippen molar-refractivity contribution in [3.63, 3.8) is 0 Å². The number of piperidine rings is 1. The van der Waals surface area contributed by atoms with Gasteiger partial charge in [-0.1, -0.05) is 26.8 Å². The molecule has 5 nitrogen and oxygen atoms in total. The third kappa shape index (κ3) is 5.76. The molecule has 170 valence electrons. The Balaban J connectivity index is 1.59. The van der Waals surface area contributed by atoms with Crippen molar-refractivity contribution in [2.45, 2.75) is 84.0 Å². The van der Waals surface area contributed by atoms with E-state index in [-0.39, 0.29) is 12.0 Å². The topological polar surface area (TPSA) is 73.2 Å². The van der Waals surface area contributed by atoms with Crippen LogP contribution >= 0.6 is 0 Å². The second-order valence-electron chi connectivity index (χ2n) is 11.1. The quantitative estimate of drug-likeness (QED) is 0.682. The van der Waals surface area contributed by atoms with Gasteiger partial charge < -0.3 is 20.1 Å². The van der Waals surface area contributed by atoms with Crippen molar-refractivity contribution < 1.29 is 20.1 Å². The number of rotatable bonds is 5. The van der Waals surface area contributed by atoms with Gasteiger partial charge in [0.15, 0.2) is 0 Å². The van der Waals surface area contributed by atoms with Crippen LogP contribution in [-0.4, -0.2) is 63.8 Å². The van der Waals surface area contributed by atoms with Crippen molar-refractivity contribution in [3.05, 3.63) is 29.3 Å². The highest BCUT2D eigenvalue weighted by molar-refractivity contribution is 5.33. The number of benzene rings is 1. The number of aliphatic hydroxyl groups is 3. The summed E-state index contributed by atoms with van der Waals surface area (Å²) in [5.74, 6) is 1.36. The molecular weight excluding hydrogens is 378 g/mol. The molecule has 0 amide bonds. The van der Waals surface area contributed by atoms with Crippen LogP contribution in [0.15, 0.2) is 18.2 Å². The highest BCUT2D eigenvalue weighted by Crippen LogP contribution is 2.42. The molecular formula is C25H41NO4. The van der Waals surface area contributed by atoms with Gasteiger partial charge in [-0.15, -0.1) is 0 Å². The first-order valence-corrected chi connectivity index (χ1v) is 11.4. The first-order chi connectivity index (χ1) is 13.9. The average molecular weight is 420 g/mol. The van der Waals surface area contributed by atoms with Gasteiger partial charge in [0, 0.05) is 19.6 Å². The highest BCUT2D eigenvalue weighted by atomic mass is 16.5. The Morgan fingerprint density at radius 1 is 1.03 bits per heavy atom. The first-order valence-electron chi connectivity index (χ1n) is 11.4. The van der Waals surface area contributed by atoms with Gasteiger partial charge in [0.1, 0.15) is 18.0 Å². The molecule has 2 atom stereocenters. The van der Waals surface area contributed by atoms with Crippen molar-refractivity contribution in [1.82, 2.24) is 4.90 Å². The van der Waals surface area contributed by atoms with Crippen LogP contribution < -0.4 is 4.74 Å². The predicted octanol–water partition coefficient (Wildman–Crippen LogP) is 3.45. The second-order valence-corrected chi connectivity index (χ2v) is 11.1. The molecule has 30 heavy (non-hydrogen) atoms. The number of ether oxygens (including phenoxy) is 1. The van der Waals surface area contributed by atoms with Gasteiger partial charge in [0.2, 0.25) is 0 Å². The third-order valence-electron chi connectivity index (χ3n) is 7.18. The molecule has 0 unspecified atom stereocenters. The lowest BCUT2D eigenvalue weighted by Crippen LogP contribution is -2.62. The Labute approximate surface area is 182 Å². The SMILES string of the molecule is Cc1cc(C)cc(OC[C@@]2(O)CN(CC3(O)CCC(C(C)(C)C)CC3)CC[C@@H]2O)c1. The fourth-order valence-electron chi connectivity index (χ4n) is 5.24. The highest BCUT2D eigenvalue weighted by Gasteiger charge is 2.45. The minimum absolute atomic E-state index is 0.0398. The largest absolute Gasteiger partial charge is 0.490 e. The van der Waals surface area contributed by atoms with Crippen LogP contribution in [0, 0.1) is 25.2 Å². The van der Waals surface area contributed by atoms with Gasteiger partial charge in [-0.2, -0.15) is 0 Å². The van der Waals surface area contributed by atoms with Gasteiger partial charge in [-0.25, -0.2) is 0 Å². The van der Waals surface area contributed by atoms with E-state index in [0.29, 0.717) is 37.7 Å². The molecule has 1 saturated heterocycles. The molecule has 1 aliphatic carbocycles. The van der Waals surface area contributed by atoms with Crippen LogP contribution in [0.4, 0.5) is 0 Å². The minimum Gasteiger partial charge on any atom is -0.490 e. The van der Waals surface area contributed by atoms with Crippen LogP contribution in [0.25, 0.3) is 0 Å². The zero-order valence-electron chi connectivity index (χ0n) is 19.4. The zero-order chi connectivity index (χ0) is 22.2. The average Bonchev–Trinajstić information content (AvgIpc) is 2.62. The van der Waals surface area contributed by atoms with Gasteiger partial charge in [-0.3, -0.25) is 4.90 Å². The summed E-state index contributed by atoms with van der Waals surface area (Å²) in [5.41, 5.74) is 0.447. The number of hydrogen-bond donors (Lipinski definition) is 3. The summed E-state index contributed by atoms with van der Waals surface area (Å²) < 4.78 is 5.90. The van der Waals surface area contributed by atoms with E-state index in [1.165, 1.54) is 0 Å². The number of aliphatic hydroxyl groups excluding tert-OH is 1. The normalized spacial score (nSPS) is 33.5. The minimum atomic E-state index is -1.34. The van der Waals surface area contributed by atoms with Crippen LogP contribution in [0.3, 0.4) is 0 Å². The number of likely N-dealkylation sites (tertiary alicyclic amines) is 1. The summed E-state index contributed by atoms with van der Waals surface area (Å²) in [6.45, 7) is 12.4. The van der Waals surface area contributed by atoms with Crippen LogP contribution in [-0.2, 0) is 0 Å². The predicted molar refractivity (Wildman–Crippen MR) is 120 cm³/mol. The Bertz CT molecular complexity index is 700. The van der Waals surface area contributed by atoms with E-state index < -0.39 is 17.3 Å². The second kappa shape index (κ2) is 8.78. The molecule has 0 aromatic heterocycles. The lowest BCUT2D eigenvalue weighted by molar-refractivity contribution is -0.151. The molecule has 3 N–H and O–H groups in total. The van der Waals surface area contributed by atoms with Crippen LogP contribution in [0.5, 0.6) is 5.75 Å². The van der Waals surface area contributed by atoms with E-state index in [1.54, 1.807) is 0 Å². The lowest BCUT2D eigenvalue weighted by atomic mass is 9.68. The molecule has 1 aromatic rings. The molecule has 0 radical (unpaired) electrons. The zero-order valence-corrected chi connectivity index (χ0v) is 19.4. The van der Waals surface area contributed by atoms with Gasteiger partial charge >= 0.3 is 0 Å². The van der Waals surface area contributed by atoms with Crippen molar-refractivity contribution in [1.29, 1.82) is 0 Å². The smallest absolute Gasteiger partial charge is 0.137 e. The maximum atomic E-state index is 11.2. The first kappa shape index (κ1) is 23.5. The number of aryl methyl sites for hydroxylation is 2. The Kier molecular flexibility index (Phi) is 6.88. The van der Waals surface area contributed by atoms with Gasteiger partial charge in [0.05, 0.1) is 11.7 Å². The standard InChI is InChI=1S/C25H41NO4/c1-18-12-19(2)14-21(13-18)30-17-25(29)16-26(11-8-22(25)27)15-24(28)9-6-20(7-10-24)23(3,4)5/h12-14,20,22,27-29H,6-11,15-17H2,1-5H3/t20?,22-,24?,25-/m0/s1. The third-order valence-corrected chi connectivity index (χ3v) is 7.18. The molecule has 0 spiro atoms. The van der Waals surface area contributed by atoms with Crippen molar-refractivity contribution in [2.24, 2.45) is 11.3 Å². The summed E-state index contributed by atoms with van der Waals surface area (Å²) in [6.07, 6.45) is 3.32. The monoisotopic (exact) mass is 419 g/mol. The summed E-state index contributed by atoms with van der Waals surface area (Å²) in [5, 5.41) is 32.9. The van der Waals surface area contributed by atoms with Crippen molar-refractivity contribution in [3.8, 4) is 5.75 Å². The maximum Gasteiger partial charge on any atom is 0.137 e. The number of hydrogen-bond acceptors (Lipinski definition) is 5. The fraction of sp³-hybridized carbons (Fsp3) is 0.760. The van der Waals surface area contributed by atoms with E-state index in [0.717, 1.165) is 36.8 Å². The van der Waals surface area contributed by atoms with E-state index >= 15 is 0 Å².